The largest absolute Gasteiger partial charge is 0.509 e. The minimum absolute atomic E-state index is 0.00577. The zero-order valence-corrected chi connectivity index (χ0v) is 12.2. The first-order chi connectivity index (χ1) is 10.9. The lowest BCUT2D eigenvalue weighted by Crippen LogP contribution is -2.09. The molecule has 0 bridgehead atoms. The van der Waals surface area contributed by atoms with Crippen molar-refractivity contribution in [3.8, 4) is 6.07 Å². The molecule has 0 aliphatic rings. The van der Waals surface area contributed by atoms with Gasteiger partial charge >= 0.3 is 11.9 Å². The van der Waals surface area contributed by atoms with Gasteiger partial charge in [0, 0.05) is 6.07 Å². The smallest absolute Gasteiger partial charge is 0.362 e. The molecule has 0 aromatic heterocycles. The van der Waals surface area contributed by atoms with Crippen molar-refractivity contribution in [2.24, 2.45) is 10.2 Å². The van der Waals surface area contributed by atoms with Crippen molar-refractivity contribution in [2.75, 3.05) is 14.2 Å². The highest BCUT2D eigenvalue weighted by atomic mass is 19.1. The Balaban J connectivity index is 3.13. The third-order valence-corrected chi connectivity index (χ3v) is 2.53. The highest BCUT2D eigenvalue weighted by Crippen LogP contribution is 2.19. The Morgan fingerprint density at radius 1 is 1.35 bits per heavy atom. The van der Waals surface area contributed by atoms with Gasteiger partial charge in [-0.15, -0.1) is 5.11 Å². The van der Waals surface area contributed by atoms with E-state index in [-0.39, 0.29) is 11.3 Å². The first kappa shape index (κ1) is 17.8. The fourth-order valence-corrected chi connectivity index (χ4v) is 1.37. The summed E-state index contributed by atoms with van der Waals surface area (Å²) >= 11 is 0. The fraction of sp³-hybridized carbons (Fsp3) is 0.214. The van der Waals surface area contributed by atoms with Gasteiger partial charge in [0.25, 0.3) is 0 Å². The number of nitriles is 1. The first-order valence-electron chi connectivity index (χ1n) is 6.11. The van der Waals surface area contributed by atoms with Crippen LogP contribution in [0.25, 0.3) is 0 Å². The number of esters is 2. The van der Waals surface area contributed by atoms with Crippen molar-refractivity contribution < 1.29 is 28.6 Å². The summed E-state index contributed by atoms with van der Waals surface area (Å²) in [4.78, 5) is 22.7. The molecule has 0 saturated heterocycles. The lowest BCUT2D eigenvalue weighted by Gasteiger charge is -2.03. The van der Waals surface area contributed by atoms with E-state index in [1.54, 1.807) is 6.07 Å². The molecule has 0 radical (unpaired) electrons. The van der Waals surface area contributed by atoms with E-state index < -0.39 is 35.6 Å². The summed E-state index contributed by atoms with van der Waals surface area (Å²) in [5.74, 6) is -3.36. The van der Waals surface area contributed by atoms with Crippen LogP contribution in [0.5, 0.6) is 0 Å². The molecular formula is C14H12FN3O5. The van der Waals surface area contributed by atoms with Crippen LogP contribution in [0.2, 0.25) is 0 Å². The van der Waals surface area contributed by atoms with E-state index in [2.05, 4.69) is 19.7 Å². The van der Waals surface area contributed by atoms with Gasteiger partial charge in [0.15, 0.2) is 0 Å². The normalized spacial score (nSPS) is 11.6. The Hall–Kier alpha value is -3.28. The maximum Gasteiger partial charge on any atom is 0.362 e. The molecule has 0 spiro atoms. The quantitative estimate of drug-likeness (QED) is 0.384. The number of nitrogens with zero attached hydrogens (tertiary/aromatic N) is 3. The van der Waals surface area contributed by atoms with E-state index in [4.69, 9.17) is 5.26 Å². The van der Waals surface area contributed by atoms with Gasteiger partial charge in [0.2, 0.25) is 5.70 Å². The SMILES string of the molecule is COC(=O)CC(O)=C(N=Nc1ccc(C#N)c(F)c1)C(=O)OC. The van der Waals surface area contributed by atoms with Gasteiger partial charge in [0.05, 0.1) is 25.5 Å². The predicted octanol–water partition coefficient (Wildman–Crippen LogP) is 2.29. The van der Waals surface area contributed by atoms with Gasteiger partial charge in [-0.1, -0.05) is 0 Å². The van der Waals surface area contributed by atoms with Crippen molar-refractivity contribution in [2.45, 2.75) is 6.42 Å². The second kappa shape index (κ2) is 8.23. The summed E-state index contributed by atoms with van der Waals surface area (Å²) in [6, 6.07) is 5.03. The molecule has 1 aromatic rings. The molecule has 0 unspecified atom stereocenters. The maximum absolute atomic E-state index is 13.4. The second-order valence-electron chi connectivity index (χ2n) is 4.02. The van der Waals surface area contributed by atoms with Crippen LogP contribution in [0, 0.1) is 17.1 Å². The van der Waals surface area contributed by atoms with Crippen LogP contribution in [0.3, 0.4) is 0 Å². The van der Waals surface area contributed by atoms with E-state index in [0.717, 1.165) is 20.3 Å². The number of hydrogen-bond donors (Lipinski definition) is 1. The summed E-state index contributed by atoms with van der Waals surface area (Å²) in [5.41, 5.74) is -0.808. The first-order valence-corrected chi connectivity index (χ1v) is 6.11. The molecule has 1 rings (SSSR count). The average Bonchev–Trinajstić information content (AvgIpc) is 2.54. The molecule has 120 valence electrons. The Bertz CT molecular complexity index is 722. The molecule has 8 nitrogen and oxygen atoms in total. The topological polar surface area (TPSA) is 121 Å². The summed E-state index contributed by atoms with van der Waals surface area (Å²) in [7, 11) is 2.15. The monoisotopic (exact) mass is 321 g/mol. The lowest BCUT2D eigenvalue weighted by atomic mass is 10.2. The third-order valence-electron chi connectivity index (χ3n) is 2.53. The van der Waals surface area contributed by atoms with Crippen molar-refractivity contribution in [3.63, 3.8) is 0 Å². The second-order valence-corrected chi connectivity index (χ2v) is 4.02. The molecule has 23 heavy (non-hydrogen) atoms. The molecule has 0 amide bonds. The fourth-order valence-electron chi connectivity index (χ4n) is 1.37. The van der Waals surface area contributed by atoms with Gasteiger partial charge in [-0.2, -0.15) is 10.4 Å². The molecule has 0 aliphatic carbocycles. The number of carbonyl (C=O) groups excluding carboxylic acids is 2. The van der Waals surface area contributed by atoms with Crippen LogP contribution < -0.4 is 0 Å². The predicted molar refractivity (Wildman–Crippen MR) is 73.9 cm³/mol. The Kier molecular flexibility index (Phi) is 6.36. The molecule has 1 N–H and O–H groups in total. The Morgan fingerprint density at radius 2 is 2.04 bits per heavy atom. The summed E-state index contributed by atoms with van der Waals surface area (Å²) in [5, 5.41) is 25.4. The summed E-state index contributed by atoms with van der Waals surface area (Å²) in [6.45, 7) is 0. The van der Waals surface area contributed by atoms with Gasteiger partial charge < -0.3 is 14.6 Å². The molecule has 0 heterocycles. The number of ether oxygens (including phenoxy) is 2. The number of rotatable bonds is 5. The highest BCUT2D eigenvalue weighted by molar-refractivity contribution is 5.89. The molecule has 0 fully saturated rings. The molecule has 9 heteroatoms. The number of hydrogen-bond acceptors (Lipinski definition) is 8. The van der Waals surface area contributed by atoms with Gasteiger partial charge in [0.1, 0.15) is 24.1 Å². The minimum Gasteiger partial charge on any atom is -0.509 e. The van der Waals surface area contributed by atoms with Crippen LogP contribution in [-0.2, 0) is 19.1 Å². The number of aliphatic hydroxyl groups is 1. The summed E-state index contributed by atoms with van der Waals surface area (Å²) in [6.07, 6.45) is -0.609. The minimum atomic E-state index is -1.04. The number of aliphatic hydroxyl groups excluding tert-OH is 1. The molecular weight excluding hydrogens is 309 g/mol. The average molecular weight is 321 g/mol. The summed E-state index contributed by atoms with van der Waals surface area (Å²) < 4.78 is 22.2. The zero-order valence-electron chi connectivity index (χ0n) is 12.2. The number of halogens is 1. The number of carbonyl (C=O) groups is 2. The Morgan fingerprint density at radius 3 is 2.57 bits per heavy atom. The van der Waals surface area contributed by atoms with E-state index in [9.17, 15) is 19.1 Å². The Labute approximate surface area is 130 Å². The molecule has 1 aromatic carbocycles. The van der Waals surface area contributed by atoms with Crippen LogP contribution in [-0.4, -0.2) is 31.3 Å². The van der Waals surface area contributed by atoms with Crippen LogP contribution in [0.15, 0.2) is 39.9 Å². The van der Waals surface area contributed by atoms with Crippen LogP contribution >= 0.6 is 0 Å². The van der Waals surface area contributed by atoms with Gasteiger partial charge in [-0.25, -0.2) is 9.18 Å². The number of benzene rings is 1. The van der Waals surface area contributed by atoms with Gasteiger partial charge in [-0.05, 0) is 12.1 Å². The molecule has 0 aliphatic heterocycles. The molecule has 0 saturated carbocycles. The lowest BCUT2D eigenvalue weighted by molar-refractivity contribution is -0.140. The zero-order chi connectivity index (χ0) is 17.4. The van der Waals surface area contributed by atoms with Crippen molar-refractivity contribution >= 4 is 17.6 Å². The van der Waals surface area contributed by atoms with E-state index >= 15 is 0 Å². The van der Waals surface area contributed by atoms with E-state index in [1.165, 1.54) is 12.1 Å². The van der Waals surface area contributed by atoms with Crippen molar-refractivity contribution in [3.05, 3.63) is 41.0 Å². The van der Waals surface area contributed by atoms with Crippen LogP contribution in [0.4, 0.5) is 10.1 Å². The van der Waals surface area contributed by atoms with E-state index in [0.29, 0.717) is 0 Å². The van der Waals surface area contributed by atoms with Crippen molar-refractivity contribution in [1.82, 2.24) is 0 Å². The standard InChI is InChI=1S/C14H12FN3O5/c1-22-12(20)6-11(19)13(14(21)23-2)18-17-9-4-3-8(7-16)10(15)5-9/h3-5,19H,6H2,1-2H3. The van der Waals surface area contributed by atoms with E-state index in [1.807, 2.05) is 0 Å². The van der Waals surface area contributed by atoms with Gasteiger partial charge in [-0.3, -0.25) is 4.79 Å². The number of methoxy groups -OCH3 is 2. The third kappa shape index (κ3) is 4.89. The van der Waals surface area contributed by atoms with Crippen molar-refractivity contribution in [1.29, 1.82) is 5.26 Å². The van der Waals surface area contributed by atoms with Crippen LogP contribution in [0.1, 0.15) is 12.0 Å². The highest BCUT2D eigenvalue weighted by Gasteiger charge is 2.18. The molecule has 0 atom stereocenters. The maximum atomic E-state index is 13.4. The number of azo groups is 1.